The summed E-state index contributed by atoms with van der Waals surface area (Å²) >= 11 is 0. The number of hydrogen-bond donors (Lipinski definition) is 3. The highest BCUT2D eigenvalue weighted by molar-refractivity contribution is 5.74. The number of hydrogen-bond acceptors (Lipinski definition) is 2. The average molecular weight is 286 g/mol. The molecule has 0 aromatic carbocycles. The van der Waals surface area contributed by atoms with Crippen LogP contribution in [0.25, 0.3) is 0 Å². The molecule has 0 saturated heterocycles. The van der Waals surface area contributed by atoms with Crippen molar-refractivity contribution in [1.82, 2.24) is 10.6 Å². The van der Waals surface area contributed by atoms with Gasteiger partial charge < -0.3 is 15.7 Å². The van der Waals surface area contributed by atoms with Gasteiger partial charge in [-0.1, -0.05) is 34.6 Å². The molecule has 0 bridgehead atoms. The van der Waals surface area contributed by atoms with Gasteiger partial charge in [-0.3, -0.25) is 4.79 Å². The van der Waals surface area contributed by atoms with Crippen LogP contribution in [0.1, 0.15) is 54.4 Å². The van der Waals surface area contributed by atoms with Crippen LogP contribution in [0.4, 0.5) is 4.79 Å². The Kier molecular flexibility index (Phi) is 7.61. The van der Waals surface area contributed by atoms with Crippen molar-refractivity contribution in [2.75, 3.05) is 6.54 Å². The number of nitrogens with one attached hydrogen (secondary N) is 2. The predicted molar refractivity (Wildman–Crippen MR) is 80.6 cm³/mol. The van der Waals surface area contributed by atoms with Gasteiger partial charge in [-0.05, 0) is 30.6 Å². The second-order valence-electron chi connectivity index (χ2n) is 7.04. The van der Waals surface area contributed by atoms with Crippen LogP contribution in [0.3, 0.4) is 0 Å². The van der Waals surface area contributed by atoms with Crippen LogP contribution < -0.4 is 10.6 Å². The summed E-state index contributed by atoms with van der Waals surface area (Å²) in [7, 11) is 0. The zero-order valence-corrected chi connectivity index (χ0v) is 13.6. The van der Waals surface area contributed by atoms with E-state index in [1.165, 1.54) is 0 Å². The fourth-order valence-corrected chi connectivity index (χ4v) is 1.85. The normalized spacial score (nSPS) is 14.8. The van der Waals surface area contributed by atoms with Crippen LogP contribution in [0.2, 0.25) is 0 Å². The third kappa shape index (κ3) is 8.77. The smallest absolute Gasteiger partial charge is 0.315 e. The molecule has 0 saturated carbocycles. The van der Waals surface area contributed by atoms with Gasteiger partial charge in [-0.15, -0.1) is 0 Å². The number of carboxylic acids is 1. The quantitative estimate of drug-likeness (QED) is 0.673. The molecule has 20 heavy (non-hydrogen) atoms. The molecule has 3 N–H and O–H groups in total. The molecule has 2 amide bonds. The molecule has 0 spiro atoms. The minimum Gasteiger partial charge on any atom is -0.481 e. The van der Waals surface area contributed by atoms with Crippen molar-refractivity contribution in [3.05, 3.63) is 0 Å². The van der Waals surface area contributed by atoms with Gasteiger partial charge in [-0.25, -0.2) is 4.79 Å². The molecule has 0 radical (unpaired) electrons. The first-order chi connectivity index (χ1) is 9.02. The molecule has 0 aromatic rings. The highest BCUT2D eigenvalue weighted by Crippen LogP contribution is 2.18. The molecule has 0 heterocycles. The standard InChI is InChI=1S/C15H30N2O3/c1-10(2)7-12(8-13(18)19)9-16-14(20)17-11(3)15(4,5)6/h10-12H,7-9H2,1-6H3,(H,18,19)(H2,16,17,20). The van der Waals surface area contributed by atoms with Crippen molar-refractivity contribution < 1.29 is 14.7 Å². The Morgan fingerprint density at radius 1 is 1.15 bits per heavy atom. The fourth-order valence-electron chi connectivity index (χ4n) is 1.85. The van der Waals surface area contributed by atoms with Crippen LogP contribution in [0.15, 0.2) is 0 Å². The van der Waals surface area contributed by atoms with Gasteiger partial charge in [0.05, 0.1) is 0 Å². The maximum atomic E-state index is 11.8. The van der Waals surface area contributed by atoms with E-state index in [9.17, 15) is 9.59 Å². The van der Waals surface area contributed by atoms with E-state index in [-0.39, 0.29) is 29.8 Å². The van der Waals surface area contributed by atoms with Crippen LogP contribution in [-0.4, -0.2) is 29.7 Å². The van der Waals surface area contributed by atoms with Crippen molar-refractivity contribution in [3.8, 4) is 0 Å². The topological polar surface area (TPSA) is 78.4 Å². The first kappa shape index (κ1) is 18.7. The Bertz CT molecular complexity index is 322. The summed E-state index contributed by atoms with van der Waals surface area (Å²) in [6.45, 7) is 12.6. The molecule has 0 aliphatic carbocycles. The molecule has 118 valence electrons. The Labute approximate surface area is 122 Å². The van der Waals surface area contributed by atoms with E-state index < -0.39 is 5.97 Å². The molecule has 0 aliphatic rings. The van der Waals surface area contributed by atoms with Gasteiger partial charge in [-0.2, -0.15) is 0 Å². The number of carboxylic acid groups (broad SMARTS) is 1. The summed E-state index contributed by atoms with van der Waals surface area (Å²) in [6, 6.07) is -0.183. The van der Waals surface area contributed by atoms with Gasteiger partial charge in [0.25, 0.3) is 0 Å². The summed E-state index contributed by atoms with van der Waals surface area (Å²) in [5, 5.41) is 14.6. The minimum absolute atomic E-state index is 0.00423. The molecular formula is C15H30N2O3. The first-order valence-electron chi connectivity index (χ1n) is 7.28. The fraction of sp³-hybridized carbons (Fsp3) is 0.867. The molecule has 5 heteroatoms. The van der Waals surface area contributed by atoms with E-state index in [4.69, 9.17) is 5.11 Å². The lowest BCUT2D eigenvalue weighted by atomic mass is 9.88. The third-order valence-corrected chi connectivity index (χ3v) is 3.47. The highest BCUT2D eigenvalue weighted by Gasteiger charge is 2.22. The molecule has 0 aromatic heterocycles. The third-order valence-electron chi connectivity index (χ3n) is 3.47. The Morgan fingerprint density at radius 3 is 2.10 bits per heavy atom. The van der Waals surface area contributed by atoms with E-state index >= 15 is 0 Å². The Hall–Kier alpha value is -1.26. The lowest BCUT2D eigenvalue weighted by molar-refractivity contribution is -0.138. The highest BCUT2D eigenvalue weighted by atomic mass is 16.4. The van der Waals surface area contributed by atoms with Gasteiger partial charge in [0, 0.05) is 19.0 Å². The average Bonchev–Trinajstić information content (AvgIpc) is 2.22. The van der Waals surface area contributed by atoms with Crippen LogP contribution in [0, 0.1) is 17.3 Å². The van der Waals surface area contributed by atoms with Gasteiger partial charge in [0.1, 0.15) is 0 Å². The minimum atomic E-state index is -0.819. The van der Waals surface area contributed by atoms with Crippen LogP contribution >= 0.6 is 0 Å². The second-order valence-corrected chi connectivity index (χ2v) is 7.04. The Balaban J connectivity index is 4.26. The van der Waals surface area contributed by atoms with Crippen LogP contribution in [0.5, 0.6) is 0 Å². The largest absolute Gasteiger partial charge is 0.481 e. The number of aliphatic carboxylic acids is 1. The van der Waals surface area contributed by atoms with Crippen molar-refractivity contribution in [2.24, 2.45) is 17.3 Å². The van der Waals surface area contributed by atoms with Crippen molar-refractivity contribution in [2.45, 2.75) is 60.4 Å². The zero-order chi connectivity index (χ0) is 15.9. The first-order valence-corrected chi connectivity index (χ1v) is 7.28. The summed E-state index contributed by atoms with van der Waals surface area (Å²) in [5.74, 6) is -0.429. The molecule has 2 atom stereocenters. The molecule has 0 rings (SSSR count). The predicted octanol–water partition coefficient (Wildman–Crippen LogP) is 2.86. The van der Waals surface area contributed by atoms with Gasteiger partial charge in [0.15, 0.2) is 0 Å². The number of urea groups is 1. The molecule has 0 fully saturated rings. The lowest BCUT2D eigenvalue weighted by Gasteiger charge is -2.28. The number of amides is 2. The summed E-state index contributed by atoms with van der Waals surface area (Å²) < 4.78 is 0. The molecule has 2 unspecified atom stereocenters. The maximum Gasteiger partial charge on any atom is 0.315 e. The number of rotatable bonds is 7. The molecule has 0 aliphatic heterocycles. The zero-order valence-electron chi connectivity index (χ0n) is 13.6. The molecular weight excluding hydrogens is 256 g/mol. The van der Waals surface area contributed by atoms with Crippen molar-refractivity contribution in [1.29, 1.82) is 0 Å². The van der Waals surface area contributed by atoms with Gasteiger partial charge in [0.2, 0.25) is 0 Å². The van der Waals surface area contributed by atoms with Crippen molar-refractivity contribution >= 4 is 12.0 Å². The van der Waals surface area contributed by atoms with E-state index in [0.29, 0.717) is 12.5 Å². The lowest BCUT2D eigenvalue weighted by Crippen LogP contribution is -2.47. The summed E-state index contributed by atoms with van der Waals surface area (Å²) in [4.78, 5) is 22.6. The van der Waals surface area contributed by atoms with E-state index in [1.54, 1.807) is 0 Å². The number of carbonyl (C=O) groups excluding carboxylic acids is 1. The van der Waals surface area contributed by atoms with E-state index in [0.717, 1.165) is 6.42 Å². The molecule has 5 nitrogen and oxygen atoms in total. The van der Waals surface area contributed by atoms with Crippen LogP contribution in [-0.2, 0) is 4.79 Å². The van der Waals surface area contributed by atoms with E-state index in [1.807, 2.05) is 6.92 Å². The SMILES string of the molecule is CC(C)CC(CNC(=O)NC(C)C(C)(C)C)CC(=O)O. The van der Waals surface area contributed by atoms with Crippen molar-refractivity contribution in [3.63, 3.8) is 0 Å². The monoisotopic (exact) mass is 286 g/mol. The second kappa shape index (κ2) is 8.12. The van der Waals surface area contributed by atoms with Gasteiger partial charge >= 0.3 is 12.0 Å². The summed E-state index contributed by atoms with van der Waals surface area (Å²) in [5.41, 5.74) is -0.00423. The Morgan fingerprint density at radius 2 is 1.70 bits per heavy atom. The maximum absolute atomic E-state index is 11.8. The summed E-state index contributed by atoms with van der Waals surface area (Å²) in [6.07, 6.45) is 0.884. The van der Waals surface area contributed by atoms with E-state index in [2.05, 4.69) is 45.3 Å². The number of carbonyl (C=O) groups is 2.